The monoisotopic (exact) mass is 418 g/mol. The number of carbonyl (C=O) groups excluding carboxylic acids is 2. The van der Waals surface area contributed by atoms with Gasteiger partial charge in [-0.2, -0.15) is 0 Å². The van der Waals surface area contributed by atoms with Crippen molar-refractivity contribution in [2.45, 2.75) is 32.9 Å². The molecule has 0 aromatic heterocycles. The molecular weight excluding hydrogens is 396 g/mol. The van der Waals surface area contributed by atoms with Gasteiger partial charge >= 0.3 is 0 Å². The van der Waals surface area contributed by atoms with Gasteiger partial charge in [-0.25, -0.2) is 0 Å². The highest BCUT2D eigenvalue weighted by Crippen LogP contribution is 2.28. The lowest BCUT2D eigenvalue weighted by atomic mass is 10.1. The highest BCUT2D eigenvalue weighted by Gasteiger charge is 2.17. The van der Waals surface area contributed by atoms with Crippen LogP contribution in [-0.4, -0.2) is 24.8 Å². The van der Waals surface area contributed by atoms with Gasteiger partial charge in [0.15, 0.2) is 5.78 Å². The van der Waals surface area contributed by atoms with Gasteiger partial charge in [0.25, 0.3) is 0 Å². The number of ketones is 1. The van der Waals surface area contributed by atoms with E-state index in [2.05, 4.69) is 26.6 Å². The number of ether oxygens (including phenoxy) is 1. The van der Waals surface area contributed by atoms with Crippen LogP contribution < -0.4 is 15.4 Å². The minimum Gasteiger partial charge on any atom is -0.496 e. The number of rotatable bonds is 7. The third kappa shape index (κ3) is 5.16. The molecule has 0 bridgehead atoms. The number of amides is 1. The average molecular weight is 419 g/mol. The van der Waals surface area contributed by atoms with E-state index < -0.39 is 6.04 Å². The number of halogens is 1. The lowest BCUT2D eigenvalue weighted by Crippen LogP contribution is -2.39. The molecule has 0 heterocycles. The van der Waals surface area contributed by atoms with Gasteiger partial charge in [0.05, 0.1) is 17.6 Å². The Morgan fingerprint density at radius 1 is 1.12 bits per heavy atom. The molecule has 2 N–H and O–H groups in total. The van der Waals surface area contributed by atoms with Crippen molar-refractivity contribution in [3.63, 3.8) is 0 Å². The Bertz CT molecular complexity index is 807. The van der Waals surface area contributed by atoms with Crippen LogP contribution in [0.5, 0.6) is 5.75 Å². The molecule has 2 rings (SSSR count). The van der Waals surface area contributed by atoms with Gasteiger partial charge in [0, 0.05) is 17.3 Å². The second-order valence-electron chi connectivity index (χ2n) is 6.13. The number of methoxy groups -OCH3 is 1. The van der Waals surface area contributed by atoms with Gasteiger partial charge in [-0.3, -0.25) is 14.9 Å². The van der Waals surface area contributed by atoms with Crippen LogP contribution >= 0.6 is 15.9 Å². The summed E-state index contributed by atoms with van der Waals surface area (Å²) < 4.78 is 6.10. The summed E-state index contributed by atoms with van der Waals surface area (Å²) in [6.45, 7) is 5.30. The van der Waals surface area contributed by atoms with Crippen LogP contribution in [0.2, 0.25) is 0 Å². The number of hydrogen-bond acceptors (Lipinski definition) is 4. The number of carbonyl (C=O) groups is 2. The van der Waals surface area contributed by atoms with Crippen LogP contribution in [0.4, 0.5) is 5.69 Å². The maximum Gasteiger partial charge on any atom is 0.241 e. The first-order chi connectivity index (χ1) is 12.3. The summed E-state index contributed by atoms with van der Waals surface area (Å²) in [5, 5.41) is 6.12. The normalized spacial score (nSPS) is 13.0. The molecule has 2 unspecified atom stereocenters. The molecule has 2 aromatic rings. The summed E-state index contributed by atoms with van der Waals surface area (Å²) >= 11 is 3.47. The minimum absolute atomic E-state index is 0.0264. The number of benzene rings is 2. The summed E-state index contributed by atoms with van der Waals surface area (Å²) in [6, 6.07) is 12.3. The van der Waals surface area contributed by atoms with Gasteiger partial charge in [-0.15, -0.1) is 0 Å². The molecule has 2 atom stereocenters. The zero-order chi connectivity index (χ0) is 19.3. The molecule has 0 aliphatic rings. The Morgan fingerprint density at radius 3 is 2.46 bits per heavy atom. The fourth-order valence-corrected chi connectivity index (χ4v) is 3.12. The van der Waals surface area contributed by atoms with Gasteiger partial charge in [-0.05, 0) is 66.5 Å². The second-order valence-corrected chi connectivity index (χ2v) is 6.98. The van der Waals surface area contributed by atoms with Crippen molar-refractivity contribution in [1.29, 1.82) is 0 Å². The van der Waals surface area contributed by atoms with E-state index in [9.17, 15) is 9.59 Å². The van der Waals surface area contributed by atoms with Crippen LogP contribution in [0.1, 0.15) is 42.7 Å². The van der Waals surface area contributed by atoms with Crippen molar-refractivity contribution in [1.82, 2.24) is 5.32 Å². The van der Waals surface area contributed by atoms with Crippen molar-refractivity contribution in [3.05, 3.63) is 58.1 Å². The van der Waals surface area contributed by atoms with Crippen molar-refractivity contribution < 1.29 is 14.3 Å². The standard InChI is InChI=1S/C20H23BrN2O3/c1-12(15-8-9-19(26-4)18(21)11-15)22-13(2)20(25)23-17-7-5-6-16(10-17)14(3)24/h5-13,22H,1-4H3,(H,23,25). The summed E-state index contributed by atoms with van der Waals surface area (Å²) in [5.74, 6) is 0.563. The SMILES string of the molecule is COc1ccc(C(C)NC(C)C(=O)Nc2cccc(C(C)=O)c2)cc1Br. The van der Waals surface area contributed by atoms with E-state index in [-0.39, 0.29) is 17.7 Å². The third-order valence-electron chi connectivity index (χ3n) is 4.11. The molecule has 0 fully saturated rings. The first kappa shape index (κ1) is 20.1. The Kier molecular flexibility index (Phi) is 6.94. The third-order valence-corrected chi connectivity index (χ3v) is 4.73. The van der Waals surface area contributed by atoms with Crippen LogP contribution in [0.15, 0.2) is 46.9 Å². The van der Waals surface area contributed by atoms with E-state index >= 15 is 0 Å². The topological polar surface area (TPSA) is 67.4 Å². The zero-order valence-corrected chi connectivity index (χ0v) is 16.9. The summed E-state index contributed by atoms with van der Waals surface area (Å²) in [5.41, 5.74) is 2.21. The van der Waals surface area contributed by atoms with Crippen LogP contribution in [0.3, 0.4) is 0 Å². The highest BCUT2D eigenvalue weighted by molar-refractivity contribution is 9.10. The van der Waals surface area contributed by atoms with E-state index in [4.69, 9.17) is 4.74 Å². The maximum absolute atomic E-state index is 12.4. The van der Waals surface area contributed by atoms with E-state index in [0.717, 1.165) is 15.8 Å². The molecule has 6 heteroatoms. The van der Waals surface area contributed by atoms with Gasteiger partial charge in [0.2, 0.25) is 5.91 Å². The Balaban J connectivity index is 2.01. The highest BCUT2D eigenvalue weighted by atomic mass is 79.9. The number of Topliss-reactive ketones (excluding diaryl/α,β-unsaturated/α-hetero) is 1. The number of anilines is 1. The summed E-state index contributed by atoms with van der Waals surface area (Å²) in [7, 11) is 1.62. The molecule has 0 aliphatic carbocycles. The predicted molar refractivity (Wildman–Crippen MR) is 107 cm³/mol. The fourth-order valence-electron chi connectivity index (χ4n) is 2.57. The Morgan fingerprint density at radius 2 is 1.85 bits per heavy atom. The van der Waals surface area contributed by atoms with E-state index in [0.29, 0.717) is 11.3 Å². The van der Waals surface area contributed by atoms with Crippen molar-refractivity contribution in [3.8, 4) is 5.75 Å². The molecule has 0 spiro atoms. The molecule has 0 radical (unpaired) electrons. The quantitative estimate of drug-likeness (QED) is 0.656. The lowest BCUT2D eigenvalue weighted by Gasteiger charge is -2.20. The van der Waals surface area contributed by atoms with Crippen LogP contribution in [0, 0.1) is 0 Å². The lowest BCUT2D eigenvalue weighted by molar-refractivity contribution is -0.117. The minimum atomic E-state index is -0.410. The molecule has 1 amide bonds. The van der Waals surface area contributed by atoms with Crippen LogP contribution in [0.25, 0.3) is 0 Å². The van der Waals surface area contributed by atoms with E-state index in [1.165, 1.54) is 6.92 Å². The molecule has 0 saturated heterocycles. The second kappa shape index (κ2) is 8.96. The van der Waals surface area contributed by atoms with E-state index in [1.807, 2.05) is 25.1 Å². The fraction of sp³-hybridized carbons (Fsp3) is 0.300. The molecule has 138 valence electrons. The van der Waals surface area contributed by atoms with Gasteiger partial charge in [0.1, 0.15) is 5.75 Å². The zero-order valence-electron chi connectivity index (χ0n) is 15.3. The summed E-state index contributed by atoms with van der Waals surface area (Å²) in [6.07, 6.45) is 0. The van der Waals surface area contributed by atoms with Crippen LogP contribution in [-0.2, 0) is 4.79 Å². The molecule has 0 aliphatic heterocycles. The molecule has 5 nitrogen and oxygen atoms in total. The Hall–Kier alpha value is -2.18. The van der Waals surface area contributed by atoms with Crippen molar-refractivity contribution >= 4 is 33.3 Å². The van der Waals surface area contributed by atoms with Crippen molar-refractivity contribution in [2.75, 3.05) is 12.4 Å². The first-order valence-corrected chi connectivity index (χ1v) is 9.12. The molecule has 0 saturated carbocycles. The predicted octanol–water partition coefficient (Wildman–Crippen LogP) is 4.34. The van der Waals surface area contributed by atoms with E-state index in [1.54, 1.807) is 38.3 Å². The first-order valence-electron chi connectivity index (χ1n) is 8.33. The largest absolute Gasteiger partial charge is 0.496 e. The van der Waals surface area contributed by atoms with Crippen molar-refractivity contribution in [2.24, 2.45) is 0 Å². The molecule has 26 heavy (non-hydrogen) atoms. The number of hydrogen-bond donors (Lipinski definition) is 2. The smallest absolute Gasteiger partial charge is 0.241 e. The average Bonchev–Trinajstić information content (AvgIpc) is 2.61. The Labute approximate surface area is 162 Å². The van der Waals surface area contributed by atoms with Gasteiger partial charge < -0.3 is 10.1 Å². The van der Waals surface area contributed by atoms with Gasteiger partial charge in [-0.1, -0.05) is 18.2 Å². The maximum atomic E-state index is 12.4. The summed E-state index contributed by atoms with van der Waals surface area (Å²) in [4.78, 5) is 23.9. The molecular formula is C20H23BrN2O3. The number of nitrogens with one attached hydrogen (secondary N) is 2. The molecule has 2 aromatic carbocycles.